The third-order valence-corrected chi connectivity index (χ3v) is 4.15. The Morgan fingerprint density at radius 2 is 2.07 bits per heavy atom. The summed E-state index contributed by atoms with van der Waals surface area (Å²) in [7, 11) is 1.83. The maximum absolute atomic E-state index is 10.4. The number of ether oxygens (including phenoxy) is 2. The second-order valence-corrected chi connectivity index (χ2v) is 6.35. The Hall–Kier alpha value is -3.72. The summed E-state index contributed by atoms with van der Waals surface area (Å²) in [6.07, 6.45) is 5.38. The van der Waals surface area contributed by atoms with Gasteiger partial charge < -0.3 is 14.8 Å². The van der Waals surface area contributed by atoms with E-state index in [2.05, 4.69) is 25.4 Å². The molecule has 29 heavy (non-hydrogen) atoms. The summed E-state index contributed by atoms with van der Waals surface area (Å²) in [5, 5.41) is 8.47. The molecule has 0 aliphatic heterocycles. The number of nitrogens with one attached hydrogen (secondary N) is 1. The lowest BCUT2D eigenvalue weighted by atomic mass is 10.2. The highest BCUT2D eigenvalue weighted by Crippen LogP contribution is 2.32. The molecule has 0 spiro atoms. The van der Waals surface area contributed by atoms with E-state index in [1.165, 1.54) is 18.6 Å². The lowest BCUT2D eigenvalue weighted by Gasteiger charge is -2.10. The quantitative estimate of drug-likeness (QED) is 0.461. The third-order valence-electron chi connectivity index (χ3n) is 3.88. The number of nitrogens with zero attached hydrogens (tertiary/aromatic N) is 5. The van der Waals surface area contributed by atoms with Gasteiger partial charge in [-0.1, -0.05) is 11.6 Å². The summed E-state index contributed by atoms with van der Waals surface area (Å²) >= 11 is 6.21. The van der Waals surface area contributed by atoms with Crippen LogP contribution >= 0.6 is 11.6 Å². The van der Waals surface area contributed by atoms with Gasteiger partial charge in [0, 0.05) is 30.8 Å². The smallest absolute Gasteiger partial charge is 0.238 e. The summed E-state index contributed by atoms with van der Waals surface area (Å²) in [6.45, 7) is -0.0745. The minimum absolute atomic E-state index is 0.0745. The van der Waals surface area contributed by atoms with E-state index in [0.29, 0.717) is 29.4 Å². The number of aromatic nitrogens is 5. The molecule has 0 saturated carbocycles. The van der Waals surface area contributed by atoms with E-state index in [-0.39, 0.29) is 17.5 Å². The van der Waals surface area contributed by atoms with E-state index in [4.69, 9.17) is 21.1 Å². The van der Waals surface area contributed by atoms with Gasteiger partial charge in [-0.05, 0) is 18.2 Å². The fourth-order valence-electron chi connectivity index (χ4n) is 2.61. The van der Waals surface area contributed by atoms with Crippen molar-refractivity contribution < 1.29 is 14.3 Å². The van der Waals surface area contributed by atoms with Crippen molar-refractivity contribution >= 4 is 40.4 Å². The molecule has 3 aromatic heterocycles. The lowest BCUT2D eigenvalue weighted by Crippen LogP contribution is -1.99. The summed E-state index contributed by atoms with van der Waals surface area (Å²) in [5.41, 5.74) is 0.738. The van der Waals surface area contributed by atoms with Gasteiger partial charge in [0.15, 0.2) is 12.1 Å². The molecule has 0 unspecified atom stereocenters. The largest absolute Gasteiger partial charge is 0.484 e. The molecule has 4 aromatic rings. The molecule has 9 nitrogen and oxygen atoms in total. The lowest BCUT2D eigenvalue weighted by molar-refractivity contribution is -0.109. The zero-order valence-electron chi connectivity index (χ0n) is 15.2. The average Bonchev–Trinajstić information content (AvgIpc) is 3.13. The van der Waals surface area contributed by atoms with Gasteiger partial charge in [-0.15, -0.1) is 0 Å². The monoisotopic (exact) mass is 410 g/mol. The topological polar surface area (TPSA) is 104 Å². The van der Waals surface area contributed by atoms with Crippen LogP contribution in [0.3, 0.4) is 0 Å². The minimum atomic E-state index is -0.0745. The first kappa shape index (κ1) is 18.6. The number of rotatable bonds is 7. The van der Waals surface area contributed by atoms with E-state index < -0.39 is 0 Å². The fourth-order valence-corrected chi connectivity index (χ4v) is 2.80. The molecule has 1 aromatic carbocycles. The van der Waals surface area contributed by atoms with E-state index in [0.717, 1.165) is 10.9 Å². The number of carbonyl (C=O) groups is 1. The Kier molecular flexibility index (Phi) is 5.21. The van der Waals surface area contributed by atoms with Crippen LogP contribution in [0.2, 0.25) is 5.02 Å². The Labute approximate surface area is 170 Å². The molecule has 0 amide bonds. The van der Waals surface area contributed by atoms with Crippen molar-refractivity contribution in [3.05, 3.63) is 54.1 Å². The van der Waals surface area contributed by atoms with Crippen LogP contribution in [-0.4, -0.2) is 37.6 Å². The summed E-state index contributed by atoms with van der Waals surface area (Å²) < 4.78 is 12.7. The van der Waals surface area contributed by atoms with Gasteiger partial charge in [0.05, 0.1) is 11.7 Å². The van der Waals surface area contributed by atoms with Gasteiger partial charge in [0.2, 0.25) is 5.88 Å². The number of anilines is 2. The van der Waals surface area contributed by atoms with Crippen molar-refractivity contribution in [1.82, 2.24) is 24.7 Å². The van der Waals surface area contributed by atoms with Crippen LogP contribution in [0.5, 0.6) is 17.4 Å². The van der Waals surface area contributed by atoms with E-state index in [1.807, 2.05) is 25.4 Å². The molecule has 0 aliphatic carbocycles. The van der Waals surface area contributed by atoms with Gasteiger partial charge in [-0.3, -0.25) is 9.48 Å². The molecule has 10 heteroatoms. The predicted molar refractivity (Wildman–Crippen MR) is 107 cm³/mol. The van der Waals surface area contributed by atoms with Crippen LogP contribution in [0.15, 0.2) is 49.1 Å². The standard InChI is InChI=1S/C19H15ClN6O3/c1-26-5-4-17(25-26)24-18-14-8-12(2-3-16(14)22-11-23-18)29-19-15(20)9-13(10-21-19)28-7-6-27/h2-6,8-11H,7H2,1H3,(H,22,23,24,25). The Bertz CT molecular complexity index is 1180. The number of aldehydes is 1. The number of aryl methyl sites for hydroxylation is 1. The van der Waals surface area contributed by atoms with Gasteiger partial charge in [-0.25, -0.2) is 15.0 Å². The maximum atomic E-state index is 10.4. The fraction of sp³-hybridized carbons (Fsp3) is 0.105. The van der Waals surface area contributed by atoms with Crippen LogP contribution in [0.25, 0.3) is 10.9 Å². The second-order valence-electron chi connectivity index (χ2n) is 5.94. The SMILES string of the molecule is Cn1ccc(Nc2ncnc3ccc(Oc4ncc(OCC=O)cc4Cl)cc23)n1. The number of pyridine rings is 1. The molecule has 0 bridgehead atoms. The molecule has 146 valence electrons. The molecule has 4 rings (SSSR count). The number of halogens is 1. The molecule has 1 N–H and O–H groups in total. The van der Waals surface area contributed by atoms with E-state index >= 15 is 0 Å². The summed E-state index contributed by atoms with van der Waals surface area (Å²) in [4.78, 5) is 23.1. The molecule has 0 radical (unpaired) electrons. The zero-order chi connectivity index (χ0) is 20.2. The third kappa shape index (κ3) is 4.25. The highest BCUT2D eigenvalue weighted by Gasteiger charge is 2.11. The number of hydrogen-bond acceptors (Lipinski definition) is 8. The van der Waals surface area contributed by atoms with Gasteiger partial charge in [0.1, 0.15) is 35.3 Å². The Morgan fingerprint density at radius 1 is 1.17 bits per heavy atom. The van der Waals surface area contributed by atoms with Crippen molar-refractivity contribution in [2.24, 2.45) is 7.05 Å². The van der Waals surface area contributed by atoms with Gasteiger partial charge in [0.25, 0.3) is 0 Å². The number of fused-ring (bicyclic) bond motifs is 1. The highest BCUT2D eigenvalue weighted by molar-refractivity contribution is 6.32. The predicted octanol–water partition coefficient (Wildman–Crippen LogP) is 3.53. The molecular weight excluding hydrogens is 396 g/mol. The number of carbonyl (C=O) groups excluding carboxylic acids is 1. The molecule has 3 heterocycles. The van der Waals surface area contributed by atoms with Crippen molar-refractivity contribution in [2.45, 2.75) is 0 Å². The van der Waals surface area contributed by atoms with E-state index in [1.54, 1.807) is 16.8 Å². The van der Waals surface area contributed by atoms with Crippen molar-refractivity contribution in [1.29, 1.82) is 0 Å². The van der Waals surface area contributed by atoms with Crippen LogP contribution < -0.4 is 14.8 Å². The zero-order valence-corrected chi connectivity index (χ0v) is 16.0. The highest BCUT2D eigenvalue weighted by atomic mass is 35.5. The molecular formula is C19H15ClN6O3. The van der Waals surface area contributed by atoms with E-state index in [9.17, 15) is 4.79 Å². The first-order chi connectivity index (χ1) is 14.1. The van der Waals surface area contributed by atoms with Crippen LogP contribution in [0.4, 0.5) is 11.6 Å². The van der Waals surface area contributed by atoms with Crippen LogP contribution in [0.1, 0.15) is 0 Å². The Morgan fingerprint density at radius 3 is 2.83 bits per heavy atom. The molecule has 0 fully saturated rings. The maximum Gasteiger partial charge on any atom is 0.238 e. The first-order valence-corrected chi connectivity index (χ1v) is 8.91. The molecule has 0 saturated heterocycles. The molecule has 0 aliphatic rings. The summed E-state index contributed by atoms with van der Waals surface area (Å²) in [6, 6.07) is 8.73. The summed E-state index contributed by atoms with van der Waals surface area (Å²) in [5.74, 6) is 2.35. The van der Waals surface area contributed by atoms with Crippen LogP contribution in [0, 0.1) is 0 Å². The van der Waals surface area contributed by atoms with Crippen molar-refractivity contribution in [2.75, 3.05) is 11.9 Å². The van der Waals surface area contributed by atoms with Crippen molar-refractivity contribution in [3.63, 3.8) is 0 Å². The Balaban J connectivity index is 1.61. The molecule has 0 atom stereocenters. The minimum Gasteiger partial charge on any atom is -0.484 e. The average molecular weight is 411 g/mol. The first-order valence-electron chi connectivity index (χ1n) is 8.53. The normalized spacial score (nSPS) is 10.7. The second kappa shape index (κ2) is 8.11. The van der Waals surface area contributed by atoms with Gasteiger partial charge >= 0.3 is 0 Å². The van der Waals surface area contributed by atoms with Gasteiger partial charge in [-0.2, -0.15) is 5.10 Å². The van der Waals surface area contributed by atoms with Crippen molar-refractivity contribution in [3.8, 4) is 17.4 Å². The number of benzene rings is 1. The van der Waals surface area contributed by atoms with Crippen LogP contribution in [-0.2, 0) is 11.8 Å². The number of hydrogen-bond donors (Lipinski definition) is 1.